The van der Waals surface area contributed by atoms with Crippen molar-refractivity contribution in [3.63, 3.8) is 0 Å². The van der Waals surface area contributed by atoms with E-state index in [1.54, 1.807) is 24.4 Å². The van der Waals surface area contributed by atoms with E-state index in [0.717, 1.165) is 0 Å². The molecule has 1 heterocycles. The van der Waals surface area contributed by atoms with Crippen LogP contribution >= 0.6 is 0 Å². The molecule has 0 saturated carbocycles. The molecule has 3 nitrogen and oxygen atoms in total. The first-order chi connectivity index (χ1) is 4.43. The van der Waals surface area contributed by atoms with Crippen molar-refractivity contribution in [3.8, 4) is 0 Å². The molecule has 1 aromatic heterocycles. The van der Waals surface area contributed by atoms with Gasteiger partial charge in [0.2, 0.25) is 0 Å². The Hall–Kier alpha value is -1.38. The van der Waals surface area contributed by atoms with E-state index in [4.69, 9.17) is 0 Å². The number of hydrogen-bond acceptors (Lipinski definition) is 3. The summed E-state index contributed by atoms with van der Waals surface area (Å²) in [7, 11) is 0. The van der Waals surface area contributed by atoms with Gasteiger partial charge in [-0.25, -0.2) is 0 Å². The van der Waals surface area contributed by atoms with Crippen molar-refractivity contribution in [2.45, 2.75) is 0 Å². The van der Waals surface area contributed by atoms with E-state index in [2.05, 4.69) is 10.1 Å². The summed E-state index contributed by atoms with van der Waals surface area (Å²) in [4.78, 5) is 3.82. The van der Waals surface area contributed by atoms with Gasteiger partial charge in [0.05, 0.1) is 5.69 Å². The predicted molar refractivity (Wildman–Crippen MR) is 35.2 cm³/mol. The van der Waals surface area contributed by atoms with Crippen molar-refractivity contribution < 1.29 is 0 Å². The summed E-state index contributed by atoms with van der Waals surface area (Å²) in [5.74, 6) is 0. The first-order valence-corrected chi connectivity index (χ1v) is 2.50. The molecule has 1 aromatic rings. The molecule has 1 rings (SSSR count). The summed E-state index contributed by atoms with van der Waals surface area (Å²) >= 11 is 0. The molecule has 0 aliphatic heterocycles. The lowest BCUT2D eigenvalue weighted by Crippen LogP contribution is -1.82. The Kier molecular flexibility index (Phi) is 1.80. The van der Waals surface area contributed by atoms with Crippen LogP contribution in [0.3, 0.4) is 0 Å². The Morgan fingerprint density at radius 1 is 1.56 bits per heavy atom. The van der Waals surface area contributed by atoms with Gasteiger partial charge in [-0.3, -0.25) is 4.98 Å². The molecule has 0 fully saturated rings. The van der Waals surface area contributed by atoms with Gasteiger partial charge in [-0.1, -0.05) is 6.07 Å². The molecule has 0 spiro atoms. The van der Waals surface area contributed by atoms with Gasteiger partial charge in [0.25, 0.3) is 0 Å². The predicted octanol–water partition coefficient (Wildman–Crippen LogP) is 0.998. The molecule has 3 heteroatoms. The van der Waals surface area contributed by atoms with E-state index in [9.17, 15) is 5.21 Å². The van der Waals surface area contributed by atoms with Crippen LogP contribution in [0.5, 0.6) is 0 Å². The largest absolute Gasteiger partial charge is 0.792 e. The molecule has 0 aliphatic carbocycles. The number of pyridine rings is 1. The van der Waals surface area contributed by atoms with Crippen molar-refractivity contribution in [3.05, 3.63) is 35.3 Å². The van der Waals surface area contributed by atoms with E-state index in [-0.39, 0.29) is 0 Å². The molecular formula is C6H5N2O-. The van der Waals surface area contributed by atoms with Gasteiger partial charge in [-0.2, -0.15) is 0 Å². The highest BCUT2D eigenvalue weighted by molar-refractivity contribution is 5.76. The lowest BCUT2D eigenvalue weighted by atomic mass is 10.4. The maximum absolute atomic E-state index is 9.63. The van der Waals surface area contributed by atoms with E-state index < -0.39 is 0 Å². The second-order valence-corrected chi connectivity index (χ2v) is 1.49. The Labute approximate surface area is 52.7 Å². The number of aromatic nitrogens is 1. The molecule has 0 aliphatic rings. The molecule has 0 N–H and O–H groups in total. The van der Waals surface area contributed by atoms with E-state index >= 15 is 0 Å². The number of nitrogens with zero attached hydrogens (tertiary/aromatic N) is 2. The maximum Gasteiger partial charge on any atom is 0.0804 e. The van der Waals surface area contributed by atoms with Crippen molar-refractivity contribution in [2.75, 3.05) is 0 Å². The van der Waals surface area contributed by atoms with Crippen molar-refractivity contribution >= 4 is 6.21 Å². The normalized spacial score (nSPS) is 10.2. The molecule has 0 atom stereocenters. The average Bonchev–Trinajstić information content (AvgIpc) is 1.91. The standard InChI is InChI=1S/C6H6N2O/c9-8-5-6-3-1-2-4-7-6/h1-5,9H/p-1/b8-5+. The van der Waals surface area contributed by atoms with Crippen molar-refractivity contribution in [2.24, 2.45) is 5.16 Å². The summed E-state index contributed by atoms with van der Waals surface area (Å²) in [6.45, 7) is 0. The van der Waals surface area contributed by atoms with Crippen molar-refractivity contribution in [1.82, 2.24) is 4.98 Å². The van der Waals surface area contributed by atoms with Gasteiger partial charge < -0.3 is 10.4 Å². The maximum atomic E-state index is 9.63. The first-order valence-electron chi connectivity index (χ1n) is 2.50. The summed E-state index contributed by atoms with van der Waals surface area (Å²) < 4.78 is 0. The third-order valence-electron chi connectivity index (χ3n) is 0.873. The molecule has 0 radical (unpaired) electrons. The topological polar surface area (TPSA) is 48.3 Å². The highest BCUT2D eigenvalue weighted by Crippen LogP contribution is 1.86. The van der Waals surface area contributed by atoms with Crippen LogP contribution in [0.4, 0.5) is 0 Å². The van der Waals surface area contributed by atoms with Gasteiger partial charge in [-0.05, 0) is 12.1 Å². The monoisotopic (exact) mass is 121 g/mol. The second kappa shape index (κ2) is 2.81. The van der Waals surface area contributed by atoms with Crippen molar-refractivity contribution in [1.29, 1.82) is 0 Å². The zero-order chi connectivity index (χ0) is 6.53. The third-order valence-corrected chi connectivity index (χ3v) is 0.873. The summed E-state index contributed by atoms with van der Waals surface area (Å²) in [6, 6.07) is 5.29. The molecule has 0 bridgehead atoms. The molecule has 0 aromatic carbocycles. The average molecular weight is 121 g/mol. The quantitative estimate of drug-likeness (QED) is 0.411. The van der Waals surface area contributed by atoms with Gasteiger partial charge in [-0.15, -0.1) is 0 Å². The lowest BCUT2D eigenvalue weighted by molar-refractivity contribution is 1.30. The minimum Gasteiger partial charge on any atom is -0.792 e. The lowest BCUT2D eigenvalue weighted by Gasteiger charge is -1.90. The third kappa shape index (κ3) is 1.53. The fourth-order valence-electron chi connectivity index (χ4n) is 0.506. The molecular weight excluding hydrogens is 116 g/mol. The fraction of sp³-hybridized carbons (Fsp3) is 0. The van der Waals surface area contributed by atoms with Crippen LogP contribution in [0.15, 0.2) is 29.6 Å². The number of hydrogen-bond donors (Lipinski definition) is 0. The van der Waals surface area contributed by atoms with Crippen LogP contribution < -0.4 is 0 Å². The fourth-order valence-corrected chi connectivity index (χ4v) is 0.506. The molecule has 0 amide bonds. The summed E-state index contributed by atoms with van der Waals surface area (Å²) in [6.07, 6.45) is 2.77. The minimum atomic E-state index is 0.590. The molecule has 46 valence electrons. The summed E-state index contributed by atoms with van der Waals surface area (Å²) in [5.41, 5.74) is 0.590. The van der Waals surface area contributed by atoms with E-state index in [0.29, 0.717) is 5.69 Å². The SMILES string of the molecule is [O-]/N=C/c1ccccn1. The van der Waals surface area contributed by atoms with Gasteiger partial charge in [0, 0.05) is 12.4 Å². The van der Waals surface area contributed by atoms with E-state index in [1.807, 2.05) is 0 Å². The van der Waals surface area contributed by atoms with Crippen LogP contribution in [0, 0.1) is 5.21 Å². The van der Waals surface area contributed by atoms with E-state index in [1.165, 1.54) is 6.21 Å². The minimum absolute atomic E-state index is 0.590. The molecule has 0 saturated heterocycles. The second-order valence-electron chi connectivity index (χ2n) is 1.49. The molecule has 9 heavy (non-hydrogen) atoms. The highest BCUT2D eigenvalue weighted by Gasteiger charge is 1.79. The zero-order valence-electron chi connectivity index (χ0n) is 4.69. The Balaban J connectivity index is 2.85. The van der Waals surface area contributed by atoms with Crippen LogP contribution in [-0.2, 0) is 0 Å². The zero-order valence-corrected chi connectivity index (χ0v) is 4.69. The van der Waals surface area contributed by atoms with Crippen LogP contribution in [0.1, 0.15) is 5.69 Å². The number of rotatable bonds is 1. The smallest absolute Gasteiger partial charge is 0.0804 e. The van der Waals surface area contributed by atoms with Gasteiger partial charge in [0.15, 0.2) is 0 Å². The summed E-state index contributed by atoms with van der Waals surface area (Å²) in [5, 5.41) is 12.2. The Morgan fingerprint density at radius 2 is 2.44 bits per heavy atom. The van der Waals surface area contributed by atoms with Crippen LogP contribution in [0.2, 0.25) is 0 Å². The highest BCUT2D eigenvalue weighted by atomic mass is 16.4. The van der Waals surface area contributed by atoms with Gasteiger partial charge in [0.1, 0.15) is 0 Å². The Bertz CT molecular complexity index is 195. The molecule has 0 unspecified atom stereocenters. The van der Waals surface area contributed by atoms with Crippen LogP contribution in [-0.4, -0.2) is 11.2 Å². The van der Waals surface area contributed by atoms with Crippen LogP contribution in [0.25, 0.3) is 0 Å². The first kappa shape index (κ1) is 5.75. The van der Waals surface area contributed by atoms with Gasteiger partial charge >= 0.3 is 0 Å². The Morgan fingerprint density at radius 3 is 3.00 bits per heavy atom.